The van der Waals surface area contributed by atoms with E-state index in [0.29, 0.717) is 12.5 Å². The highest BCUT2D eigenvalue weighted by atomic mass is 127. The molecule has 172 valence electrons. The van der Waals surface area contributed by atoms with Gasteiger partial charge in [-0.1, -0.05) is 19.0 Å². The summed E-state index contributed by atoms with van der Waals surface area (Å²) in [6.07, 6.45) is 6.94. The minimum absolute atomic E-state index is 0. The van der Waals surface area contributed by atoms with Gasteiger partial charge in [0.05, 0.1) is 5.69 Å². The Morgan fingerprint density at radius 1 is 1.17 bits per heavy atom. The monoisotopic (exact) mass is 533 g/mol. The van der Waals surface area contributed by atoms with E-state index in [1.165, 1.54) is 25.9 Å². The zero-order valence-electron chi connectivity index (χ0n) is 18.9. The third-order valence-corrected chi connectivity index (χ3v) is 6.50. The Balaban J connectivity index is 0.00000320. The lowest BCUT2D eigenvalue weighted by Gasteiger charge is -2.45. The molecule has 1 aromatic heterocycles. The predicted octanol–water partition coefficient (Wildman–Crippen LogP) is 3.90. The number of likely N-dealkylation sites (tertiary alicyclic amines) is 1. The van der Waals surface area contributed by atoms with E-state index >= 15 is 0 Å². The van der Waals surface area contributed by atoms with Crippen molar-refractivity contribution in [3.8, 4) is 0 Å². The average molecular weight is 533 g/mol. The molecule has 2 fully saturated rings. The summed E-state index contributed by atoms with van der Waals surface area (Å²) in [5.74, 6) is 2.14. The van der Waals surface area contributed by atoms with Crippen LogP contribution in [0.15, 0.2) is 15.6 Å². The zero-order chi connectivity index (χ0) is 20.5. The van der Waals surface area contributed by atoms with Crippen molar-refractivity contribution in [3.05, 3.63) is 17.5 Å². The van der Waals surface area contributed by atoms with Gasteiger partial charge in [-0.2, -0.15) is 0 Å². The number of nitrogens with one attached hydrogen (secondary N) is 2. The van der Waals surface area contributed by atoms with Crippen LogP contribution in [-0.4, -0.2) is 60.9 Å². The first-order chi connectivity index (χ1) is 14.2. The van der Waals surface area contributed by atoms with Crippen molar-refractivity contribution >= 4 is 29.9 Å². The maximum absolute atomic E-state index is 5.66. The van der Waals surface area contributed by atoms with Crippen LogP contribution < -0.4 is 10.6 Å². The SMILES string of the molecule is CCNC(=NCc1cc(C(CC)CC)no1)NCC1(N2CCCC2)CCOCC1.I. The fraction of sp³-hybridized carbons (Fsp3) is 0.818. The molecule has 0 saturated carbocycles. The van der Waals surface area contributed by atoms with Crippen LogP contribution in [0.1, 0.15) is 76.7 Å². The first-order valence-corrected chi connectivity index (χ1v) is 11.5. The fourth-order valence-corrected chi connectivity index (χ4v) is 4.60. The molecule has 0 aliphatic carbocycles. The topological polar surface area (TPSA) is 74.9 Å². The van der Waals surface area contributed by atoms with Crippen molar-refractivity contribution in [2.45, 2.75) is 77.3 Å². The molecule has 0 bridgehead atoms. The minimum atomic E-state index is 0. The maximum atomic E-state index is 5.66. The van der Waals surface area contributed by atoms with Crippen molar-refractivity contribution in [1.29, 1.82) is 0 Å². The number of nitrogens with zero attached hydrogens (tertiary/aromatic N) is 3. The summed E-state index contributed by atoms with van der Waals surface area (Å²) in [5.41, 5.74) is 1.23. The molecule has 2 saturated heterocycles. The number of guanidine groups is 1. The van der Waals surface area contributed by atoms with Crippen LogP contribution in [0.3, 0.4) is 0 Å². The lowest BCUT2D eigenvalue weighted by molar-refractivity contribution is -0.0164. The lowest BCUT2D eigenvalue weighted by atomic mass is 9.88. The van der Waals surface area contributed by atoms with E-state index in [9.17, 15) is 0 Å². The van der Waals surface area contributed by atoms with Crippen LogP contribution in [0.2, 0.25) is 0 Å². The molecule has 0 spiro atoms. The molecule has 8 heteroatoms. The standard InChI is InChI=1S/C22H39N5O2.HI/c1-4-18(5-2)20-15-19(29-26-20)16-24-21(23-6-3)25-17-22(9-13-28-14-10-22)27-11-7-8-12-27;/h15,18H,4-14,16-17H2,1-3H3,(H2,23,24,25);1H. The van der Waals surface area contributed by atoms with Gasteiger partial charge in [-0.05, 0) is 58.5 Å². The lowest BCUT2D eigenvalue weighted by Crippen LogP contribution is -2.58. The van der Waals surface area contributed by atoms with E-state index < -0.39 is 0 Å². The van der Waals surface area contributed by atoms with Gasteiger partial charge < -0.3 is 19.9 Å². The fourth-order valence-electron chi connectivity index (χ4n) is 4.60. The Bertz CT molecular complexity index is 635. The van der Waals surface area contributed by atoms with Crippen LogP contribution in [0, 0.1) is 0 Å². The van der Waals surface area contributed by atoms with Crippen LogP contribution >= 0.6 is 24.0 Å². The molecule has 0 unspecified atom stereocenters. The molecular weight excluding hydrogens is 493 g/mol. The molecule has 0 atom stereocenters. The summed E-state index contributed by atoms with van der Waals surface area (Å²) in [7, 11) is 0. The molecule has 7 nitrogen and oxygen atoms in total. The number of rotatable bonds is 9. The molecule has 2 aliphatic rings. The van der Waals surface area contributed by atoms with E-state index in [2.05, 4.69) is 47.5 Å². The van der Waals surface area contributed by atoms with Crippen molar-refractivity contribution < 1.29 is 9.26 Å². The summed E-state index contributed by atoms with van der Waals surface area (Å²) < 4.78 is 11.2. The summed E-state index contributed by atoms with van der Waals surface area (Å²) in [6, 6.07) is 2.06. The summed E-state index contributed by atoms with van der Waals surface area (Å²) in [6.45, 7) is 12.8. The molecule has 2 N–H and O–H groups in total. The van der Waals surface area contributed by atoms with Crippen molar-refractivity contribution in [1.82, 2.24) is 20.7 Å². The Morgan fingerprint density at radius 2 is 1.87 bits per heavy atom. The van der Waals surface area contributed by atoms with Crippen molar-refractivity contribution in [2.75, 3.05) is 39.4 Å². The van der Waals surface area contributed by atoms with Gasteiger partial charge in [0, 0.05) is 43.8 Å². The third kappa shape index (κ3) is 6.56. The number of ether oxygens (including phenoxy) is 1. The number of aromatic nitrogens is 1. The normalized spacial score (nSPS) is 19.7. The first kappa shape index (κ1) is 25.4. The second-order valence-corrected chi connectivity index (χ2v) is 8.31. The Morgan fingerprint density at radius 3 is 2.50 bits per heavy atom. The van der Waals surface area contributed by atoms with E-state index in [1.807, 2.05) is 0 Å². The predicted molar refractivity (Wildman–Crippen MR) is 132 cm³/mol. The highest BCUT2D eigenvalue weighted by Gasteiger charge is 2.39. The Hall–Kier alpha value is -0.870. The molecule has 3 heterocycles. The smallest absolute Gasteiger partial charge is 0.191 e. The van der Waals surface area contributed by atoms with Gasteiger partial charge in [-0.25, -0.2) is 4.99 Å². The van der Waals surface area contributed by atoms with Crippen LogP contribution in [0.25, 0.3) is 0 Å². The second-order valence-electron chi connectivity index (χ2n) is 8.31. The van der Waals surface area contributed by atoms with Gasteiger partial charge in [0.15, 0.2) is 11.7 Å². The van der Waals surface area contributed by atoms with E-state index in [4.69, 9.17) is 14.3 Å². The second kappa shape index (κ2) is 12.9. The van der Waals surface area contributed by atoms with Gasteiger partial charge in [-0.3, -0.25) is 4.90 Å². The molecule has 1 aromatic rings. The van der Waals surface area contributed by atoms with Gasteiger partial charge in [0.1, 0.15) is 6.54 Å². The van der Waals surface area contributed by atoms with Crippen molar-refractivity contribution in [3.63, 3.8) is 0 Å². The number of aliphatic imine (C=N–C) groups is 1. The molecule has 0 amide bonds. The van der Waals surface area contributed by atoms with Gasteiger partial charge in [0.25, 0.3) is 0 Å². The van der Waals surface area contributed by atoms with Crippen molar-refractivity contribution in [2.24, 2.45) is 4.99 Å². The maximum Gasteiger partial charge on any atom is 0.191 e. The van der Waals surface area contributed by atoms with Gasteiger partial charge in [-0.15, -0.1) is 24.0 Å². The Labute approximate surface area is 198 Å². The van der Waals surface area contributed by atoms with Crippen LogP contribution in [0.5, 0.6) is 0 Å². The highest BCUT2D eigenvalue weighted by molar-refractivity contribution is 14.0. The molecule has 30 heavy (non-hydrogen) atoms. The van der Waals surface area contributed by atoms with Crippen LogP contribution in [-0.2, 0) is 11.3 Å². The average Bonchev–Trinajstić information content (AvgIpc) is 3.45. The molecule has 3 rings (SSSR count). The Kier molecular flexibility index (Phi) is 10.9. The van der Waals surface area contributed by atoms with Gasteiger partial charge in [0.2, 0.25) is 0 Å². The minimum Gasteiger partial charge on any atom is -0.381 e. The number of hydrogen-bond donors (Lipinski definition) is 2. The molecular formula is C22H40IN5O2. The third-order valence-electron chi connectivity index (χ3n) is 6.50. The first-order valence-electron chi connectivity index (χ1n) is 11.5. The zero-order valence-corrected chi connectivity index (χ0v) is 21.2. The van der Waals surface area contributed by atoms with E-state index in [-0.39, 0.29) is 29.5 Å². The highest BCUT2D eigenvalue weighted by Crippen LogP contribution is 2.30. The number of hydrogen-bond acceptors (Lipinski definition) is 5. The van der Waals surface area contributed by atoms with Crippen LogP contribution in [0.4, 0.5) is 0 Å². The van der Waals surface area contributed by atoms with E-state index in [1.54, 1.807) is 0 Å². The number of halogens is 1. The summed E-state index contributed by atoms with van der Waals surface area (Å²) in [5, 5.41) is 11.2. The quantitative estimate of drug-likeness (QED) is 0.285. The van der Waals surface area contributed by atoms with E-state index in [0.717, 1.165) is 69.4 Å². The molecule has 0 aromatic carbocycles. The van der Waals surface area contributed by atoms with Gasteiger partial charge >= 0.3 is 0 Å². The summed E-state index contributed by atoms with van der Waals surface area (Å²) in [4.78, 5) is 7.43. The molecule has 0 radical (unpaired) electrons. The largest absolute Gasteiger partial charge is 0.381 e. The molecule has 2 aliphatic heterocycles. The summed E-state index contributed by atoms with van der Waals surface area (Å²) >= 11 is 0.